The van der Waals surface area contributed by atoms with E-state index < -0.39 is 6.03 Å². The Bertz CT molecular complexity index is 816. The van der Waals surface area contributed by atoms with Crippen LogP contribution < -0.4 is 10.5 Å². The maximum atomic E-state index is 10.8. The van der Waals surface area contributed by atoms with Crippen LogP contribution >= 0.6 is 0 Å². The summed E-state index contributed by atoms with van der Waals surface area (Å²) in [5.74, 6) is 1.33. The van der Waals surface area contributed by atoms with Crippen LogP contribution in [-0.4, -0.2) is 25.9 Å². The monoisotopic (exact) mass is 324 g/mol. The van der Waals surface area contributed by atoms with Gasteiger partial charge in [-0.05, 0) is 29.8 Å². The molecule has 1 heterocycles. The van der Waals surface area contributed by atoms with Crippen LogP contribution in [0.15, 0.2) is 67.3 Å². The number of ether oxygens (including phenoxy) is 1. The van der Waals surface area contributed by atoms with Gasteiger partial charge in [-0.15, -0.1) is 0 Å². The number of nitrogens with zero attached hydrogens (tertiary/aromatic N) is 3. The van der Waals surface area contributed by atoms with Crippen LogP contribution in [0.25, 0.3) is 5.69 Å². The Morgan fingerprint density at radius 1 is 1.21 bits per heavy atom. The Morgan fingerprint density at radius 3 is 2.67 bits per heavy atom. The van der Waals surface area contributed by atoms with Gasteiger partial charge in [0, 0.05) is 18.5 Å². The number of amides is 2. The summed E-state index contributed by atoms with van der Waals surface area (Å²) in [5.41, 5.74) is 6.65. The van der Waals surface area contributed by atoms with Crippen molar-refractivity contribution < 1.29 is 14.7 Å². The summed E-state index contributed by atoms with van der Waals surface area (Å²) >= 11 is 0. The number of hydroxylamine groups is 2. The van der Waals surface area contributed by atoms with Gasteiger partial charge in [0.2, 0.25) is 0 Å². The zero-order chi connectivity index (χ0) is 16.9. The van der Waals surface area contributed by atoms with Crippen molar-refractivity contribution in [2.24, 2.45) is 5.73 Å². The van der Waals surface area contributed by atoms with Crippen LogP contribution in [0, 0.1) is 0 Å². The van der Waals surface area contributed by atoms with Gasteiger partial charge in [-0.3, -0.25) is 5.21 Å². The molecule has 3 N–H and O–H groups in total. The number of carbonyl (C=O) groups is 1. The van der Waals surface area contributed by atoms with Gasteiger partial charge in [-0.1, -0.05) is 18.2 Å². The van der Waals surface area contributed by atoms with E-state index in [9.17, 15) is 10.0 Å². The molecule has 122 valence electrons. The van der Waals surface area contributed by atoms with Crippen molar-refractivity contribution in [2.45, 2.75) is 6.54 Å². The Labute approximate surface area is 138 Å². The van der Waals surface area contributed by atoms with E-state index in [4.69, 9.17) is 10.5 Å². The predicted molar refractivity (Wildman–Crippen MR) is 87.0 cm³/mol. The highest BCUT2D eigenvalue weighted by molar-refractivity contribution is 5.70. The van der Waals surface area contributed by atoms with Crippen molar-refractivity contribution >= 4 is 6.03 Å². The average Bonchev–Trinajstić information content (AvgIpc) is 3.11. The summed E-state index contributed by atoms with van der Waals surface area (Å²) in [4.78, 5) is 14.8. The minimum atomic E-state index is -0.897. The molecule has 24 heavy (non-hydrogen) atoms. The van der Waals surface area contributed by atoms with Gasteiger partial charge in [0.15, 0.2) is 0 Å². The molecular weight excluding hydrogens is 308 g/mol. The molecular formula is C17H16N4O3. The molecule has 0 aliphatic carbocycles. The lowest BCUT2D eigenvalue weighted by Crippen LogP contribution is -2.31. The van der Waals surface area contributed by atoms with Crippen LogP contribution in [0.2, 0.25) is 0 Å². The van der Waals surface area contributed by atoms with Crippen molar-refractivity contribution in [2.75, 3.05) is 0 Å². The van der Waals surface area contributed by atoms with Crippen molar-refractivity contribution in [1.29, 1.82) is 0 Å². The second kappa shape index (κ2) is 6.84. The molecule has 0 radical (unpaired) electrons. The van der Waals surface area contributed by atoms with Gasteiger partial charge in [0.1, 0.15) is 11.5 Å². The lowest BCUT2D eigenvalue weighted by molar-refractivity contribution is -0.0470. The van der Waals surface area contributed by atoms with Crippen LogP contribution in [0.3, 0.4) is 0 Å². The Hall–Kier alpha value is -3.32. The Kier molecular flexibility index (Phi) is 4.44. The van der Waals surface area contributed by atoms with E-state index in [0.717, 1.165) is 11.3 Å². The molecule has 0 fully saturated rings. The molecule has 7 heteroatoms. The zero-order valence-electron chi connectivity index (χ0n) is 12.7. The van der Waals surface area contributed by atoms with Gasteiger partial charge < -0.3 is 15.0 Å². The molecule has 0 atom stereocenters. The fourth-order valence-electron chi connectivity index (χ4n) is 2.17. The number of imidazole rings is 1. The van der Waals surface area contributed by atoms with Crippen molar-refractivity contribution in [1.82, 2.24) is 14.6 Å². The summed E-state index contributed by atoms with van der Waals surface area (Å²) in [7, 11) is 0. The third-order valence-corrected chi connectivity index (χ3v) is 3.37. The number of carbonyl (C=O) groups excluding carboxylic acids is 1. The van der Waals surface area contributed by atoms with Crippen LogP contribution in [0.1, 0.15) is 5.56 Å². The lowest BCUT2D eigenvalue weighted by Gasteiger charge is -2.12. The highest BCUT2D eigenvalue weighted by Gasteiger charge is 2.07. The van der Waals surface area contributed by atoms with Crippen LogP contribution in [-0.2, 0) is 6.54 Å². The summed E-state index contributed by atoms with van der Waals surface area (Å²) in [6, 6.07) is 13.7. The van der Waals surface area contributed by atoms with E-state index in [-0.39, 0.29) is 6.54 Å². The fourth-order valence-corrected chi connectivity index (χ4v) is 2.17. The Morgan fingerprint density at radius 2 is 2.00 bits per heavy atom. The number of hydrogen-bond acceptors (Lipinski definition) is 4. The SMILES string of the molecule is NC(=O)N(O)Cc1ccc(Oc2cccc(-n3ccnc3)c2)cc1. The van der Waals surface area contributed by atoms with Gasteiger partial charge in [-0.25, -0.2) is 14.8 Å². The number of aromatic nitrogens is 2. The summed E-state index contributed by atoms with van der Waals surface area (Å²) in [6.07, 6.45) is 5.28. The van der Waals surface area contributed by atoms with Crippen LogP contribution in [0.4, 0.5) is 4.79 Å². The minimum Gasteiger partial charge on any atom is -0.457 e. The number of urea groups is 1. The average molecular weight is 324 g/mol. The molecule has 3 rings (SSSR count). The van der Waals surface area contributed by atoms with E-state index in [2.05, 4.69) is 4.98 Å². The molecule has 7 nitrogen and oxygen atoms in total. The van der Waals surface area contributed by atoms with E-state index >= 15 is 0 Å². The minimum absolute atomic E-state index is 0.0196. The van der Waals surface area contributed by atoms with E-state index in [1.165, 1.54) is 0 Å². The van der Waals surface area contributed by atoms with Crippen LogP contribution in [0.5, 0.6) is 11.5 Å². The molecule has 0 saturated carbocycles. The van der Waals surface area contributed by atoms with Crippen molar-refractivity contribution in [3.05, 3.63) is 72.8 Å². The second-order valence-corrected chi connectivity index (χ2v) is 5.11. The number of hydrogen-bond donors (Lipinski definition) is 2. The van der Waals surface area contributed by atoms with E-state index in [0.29, 0.717) is 16.6 Å². The third-order valence-electron chi connectivity index (χ3n) is 3.37. The number of primary amides is 1. The molecule has 1 aromatic heterocycles. The number of nitrogens with two attached hydrogens (primary N) is 1. The molecule has 3 aromatic rings. The normalized spacial score (nSPS) is 10.4. The first-order valence-electron chi connectivity index (χ1n) is 7.23. The van der Waals surface area contributed by atoms with Gasteiger partial charge in [-0.2, -0.15) is 0 Å². The van der Waals surface area contributed by atoms with Crippen molar-refractivity contribution in [3.63, 3.8) is 0 Å². The largest absolute Gasteiger partial charge is 0.457 e. The Balaban J connectivity index is 1.70. The molecule has 2 aromatic carbocycles. The first-order chi connectivity index (χ1) is 11.6. The summed E-state index contributed by atoms with van der Waals surface area (Å²) in [5, 5.41) is 9.77. The highest BCUT2D eigenvalue weighted by Crippen LogP contribution is 2.24. The van der Waals surface area contributed by atoms with Gasteiger partial charge in [0.05, 0.1) is 18.6 Å². The fraction of sp³-hybridized carbons (Fsp3) is 0.0588. The highest BCUT2D eigenvalue weighted by atomic mass is 16.5. The predicted octanol–water partition coefficient (Wildman–Crippen LogP) is 2.93. The topological polar surface area (TPSA) is 93.6 Å². The summed E-state index contributed by atoms with van der Waals surface area (Å²) < 4.78 is 7.71. The quantitative estimate of drug-likeness (QED) is 0.557. The molecule has 0 saturated heterocycles. The first-order valence-corrected chi connectivity index (χ1v) is 7.23. The van der Waals surface area contributed by atoms with Crippen molar-refractivity contribution in [3.8, 4) is 17.2 Å². The zero-order valence-corrected chi connectivity index (χ0v) is 12.7. The van der Waals surface area contributed by atoms with Gasteiger partial charge >= 0.3 is 6.03 Å². The molecule has 0 bridgehead atoms. The summed E-state index contributed by atoms with van der Waals surface area (Å²) in [6.45, 7) is 0.0196. The third kappa shape index (κ3) is 3.71. The maximum Gasteiger partial charge on any atom is 0.338 e. The number of benzene rings is 2. The maximum absolute atomic E-state index is 10.8. The standard InChI is InChI=1S/C17H16N4O3/c18-17(22)21(23)11-13-4-6-15(7-5-13)24-16-3-1-2-14(10-16)20-9-8-19-12-20/h1-10,12,23H,11H2,(H2,18,22). The number of rotatable bonds is 5. The van der Waals surface area contributed by atoms with E-state index in [1.54, 1.807) is 36.8 Å². The smallest absolute Gasteiger partial charge is 0.338 e. The molecule has 0 spiro atoms. The molecule has 0 aliphatic rings. The first kappa shape index (κ1) is 15.6. The van der Waals surface area contributed by atoms with E-state index in [1.807, 2.05) is 35.0 Å². The molecule has 2 amide bonds. The lowest BCUT2D eigenvalue weighted by atomic mass is 10.2. The second-order valence-electron chi connectivity index (χ2n) is 5.11. The molecule has 0 aliphatic heterocycles. The van der Waals surface area contributed by atoms with Gasteiger partial charge in [0.25, 0.3) is 0 Å². The molecule has 0 unspecified atom stereocenters.